The molecule has 3 aliphatic rings. The van der Waals surface area contributed by atoms with Crippen LogP contribution in [0.15, 0.2) is 0 Å². The van der Waals surface area contributed by atoms with Crippen molar-refractivity contribution in [3.05, 3.63) is 0 Å². The normalized spacial score (nSPS) is 45.5. The van der Waals surface area contributed by atoms with Gasteiger partial charge in [0.25, 0.3) is 0 Å². The van der Waals surface area contributed by atoms with Crippen LogP contribution in [0.4, 0.5) is 0 Å². The summed E-state index contributed by atoms with van der Waals surface area (Å²) in [5, 5.41) is 9.19. The third kappa shape index (κ3) is 1.13. The Morgan fingerprint density at radius 3 is 3.12 bits per heavy atom. The molecule has 0 radical (unpaired) electrons. The van der Waals surface area contributed by atoms with Gasteiger partial charge in [0.2, 0.25) is 0 Å². The number of nitriles is 1. The van der Waals surface area contributed by atoms with Crippen LogP contribution in [0, 0.1) is 28.6 Å². The van der Waals surface area contributed by atoms with Crippen molar-refractivity contribution in [2.45, 2.75) is 38.4 Å². The van der Waals surface area contributed by atoms with Crippen molar-refractivity contribution in [2.75, 3.05) is 0 Å². The van der Waals surface area contributed by atoms with Gasteiger partial charge in [-0.05, 0) is 12.8 Å². The molecule has 0 N–H and O–H groups in total. The first kappa shape index (κ1) is 10.6. The summed E-state index contributed by atoms with van der Waals surface area (Å²) >= 11 is 0. The molecule has 1 aliphatic heterocycles. The highest BCUT2D eigenvalue weighted by atomic mass is 16.6. The second kappa shape index (κ2) is 3.22. The van der Waals surface area contributed by atoms with E-state index >= 15 is 0 Å². The third-order valence-electron chi connectivity index (χ3n) is 4.32. The van der Waals surface area contributed by atoms with Crippen LogP contribution in [0.5, 0.6) is 0 Å². The van der Waals surface area contributed by atoms with E-state index < -0.39 is 17.5 Å². The van der Waals surface area contributed by atoms with Gasteiger partial charge in [0.05, 0.1) is 6.07 Å². The SMILES string of the molecule is CCC(=O)OC1C2CC3C1OC(=O)C3(C#N)C2. The minimum absolute atomic E-state index is 0.0837. The molecule has 3 fully saturated rings. The molecule has 1 saturated heterocycles. The van der Waals surface area contributed by atoms with Gasteiger partial charge in [0.1, 0.15) is 12.2 Å². The lowest BCUT2D eigenvalue weighted by Gasteiger charge is -2.27. The Bertz CT molecular complexity index is 440. The molecular weight excluding hydrogens is 222 g/mol. The molecule has 0 aromatic rings. The van der Waals surface area contributed by atoms with E-state index in [0.29, 0.717) is 12.8 Å². The minimum atomic E-state index is -0.954. The smallest absolute Gasteiger partial charge is 0.327 e. The van der Waals surface area contributed by atoms with Gasteiger partial charge in [0, 0.05) is 18.3 Å². The summed E-state index contributed by atoms with van der Waals surface area (Å²) in [6, 6.07) is 2.12. The van der Waals surface area contributed by atoms with Crippen molar-refractivity contribution in [1.29, 1.82) is 5.26 Å². The maximum atomic E-state index is 11.8. The van der Waals surface area contributed by atoms with E-state index in [1.807, 2.05) is 0 Å². The molecule has 90 valence electrons. The fourth-order valence-electron chi connectivity index (χ4n) is 3.52. The molecule has 5 nitrogen and oxygen atoms in total. The molecule has 2 aliphatic carbocycles. The molecule has 0 spiro atoms. The van der Waals surface area contributed by atoms with Gasteiger partial charge in [-0.3, -0.25) is 9.59 Å². The fraction of sp³-hybridized carbons (Fsp3) is 0.750. The van der Waals surface area contributed by atoms with Crippen LogP contribution in [0.25, 0.3) is 0 Å². The topological polar surface area (TPSA) is 76.4 Å². The molecule has 3 rings (SSSR count). The molecule has 5 atom stereocenters. The standard InChI is InChI=1S/C12H13NO4/c1-2-8(14)16-9-6-3-7-10(9)17-11(15)12(7,4-6)5-13/h6-7,9-10H,2-4H2,1H3. The molecular formula is C12H13NO4. The Hall–Kier alpha value is -1.57. The van der Waals surface area contributed by atoms with Gasteiger partial charge < -0.3 is 9.47 Å². The summed E-state index contributed by atoms with van der Waals surface area (Å²) in [5.74, 6) is -0.674. The Kier molecular flexibility index (Phi) is 2.00. The molecule has 17 heavy (non-hydrogen) atoms. The fourth-order valence-corrected chi connectivity index (χ4v) is 3.52. The van der Waals surface area contributed by atoms with Crippen LogP contribution in [-0.4, -0.2) is 24.1 Å². The summed E-state index contributed by atoms with van der Waals surface area (Å²) < 4.78 is 10.6. The maximum Gasteiger partial charge on any atom is 0.327 e. The zero-order valence-electron chi connectivity index (χ0n) is 9.51. The van der Waals surface area contributed by atoms with Crippen LogP contribution < -0.4 is 0 Å². The van der Waals surface area contributed by atoms with Crippen molar-refractivity contribution in [1.82, 2.24) is 0 Å². The monoisotopic (exact) mass is 235 g/mol. The lowest BCUT2D eigenvalue weighted by atomic mass is 9.75. The first-order chi connectivity index (χ1) is 8.12. The van der Waals surface area contributed by atoms with Gasteiger partial charge in [-0.15, -0.1) is 0 Å². The average molecular weight is 235 g/mol. The Labute approximate surface area is 98.7 Å². The summed E-state index contributed by atoms with van der Waals surface area (Å²) in [6.07, 6.45) is 0.825. The molecule has 1 heterocycles. The van der Waals surface area contributed by atoms with Crippen molar-refractivity contribution < 1.29 is 19.1 Å². The van der Waals surface area contributed by atoms with E-state index in [1.54, 1.807) is 6.92 Å². The molecule has 2 bridgehead atoms. The van der Waals surface area contributed by atoms with E-state index in [2.05, 4.69) is 6.07 Å². The Morgan fingerprint density at radius 1 is 1.71 bits per heavy atom. The Balaban J connectivity index is 1.87. The van der Waals surface area contributed by atoms with Gasteiger partial charge in [-0.1, -0.05) is 6.92 Å². The van der Waals surface area contributed by atoms with Crippen molar-refractivity contribution in [3.8, 4) is 6.07 Å². The molecule has 0 aromatic carbocycles. The van der Waals surface area contributed by atoms with Crippen LogP contribution in [0.3, 0.4) is 0 Å². The number of rotatable bonds is 2. The highest BCUT2D eigenvalue weighted by molar-refractivity contribution is 5.84. The molecule has 0 amide bonds. The maximum absolute atomic E-state index is 11.8. The quantitative estimate of drug-likeness (QED) is 0.661. The molecule has 5 unspecified atom stereocenters. The third-order valence-corrected chi connectivity index (χ3v) is 4.32. The minimum Gasteiger partial charge on any atom is -0.458 e. The average Bonchev–Trinajstić information content (AvgIpc) is 2.90. The lowest BCUT2D eigenvalue weighted by Crippen LogP contribution is -2.39. The highest BCUT2D eigenvalue weighted by Crippen LogP contribution is 2.62. The van der Waals surface area contributed by atoms with Gasteiger partial charge in [-0.2, -0.15) is 5.26 Å². The highest BCUT2D eigenvalue weighted by Gasteiger charge is 2.72. The zero-order chi connectivity index (χ0) is 12.2. The van der Waals surface area contributed by atoms with E-state index in [9.17, 15) is 14.9 Å². The van der Waals surface area contributed by atoms with E-state index in [-0.39, 0.29) is 23.9 Å². The zero-order valence-corrected chi connectivity index (χ0v) is 9.51. The molecule has 2 saturated carbocycles. The second-order valence-corrected chi connectivity index (χ2v) is 5.07. The van der Waals surface area contributed by atoms with Crippen molar-refractivity contribution >= 4 is 11.9 Å². The second-order valence-electron chi connectivity index (χ2n) is 5.07. The predicted octanol–water partition coefficient (Wildman–Crippen LogP) is 0.783. The molecule has 0 aromatic heterocycles. The number of ether oxygens (including phenoxy) is 2. The van der Waals surface area contributed by atoms with E-state index in [1.165, 1.54) is 0 Å². The lowest BCUT2D eigenvalue weighted by molar-refractivity contribution is -0.161. The summed E-state index contributed by atoms with van der Waals surface area (Å²) in [7, 11) is 0. The van der Waals surface area contributed by atoms with Gasteiger partial charge >= 0.3 is 11.9 Å². The largest absolute Gasteiger partial charge is 0.458 e. The van der Waals surface area contributed by atoms with E-state index in [4.69, 9.17) is 9.47 Å². The van der Waals surface area contributed by atoms with Crippen molar-refractivity contribution in [3.63, 3.8) is 0 Å². The van der Waals surface area contributed by atoms with Crippen LogP contribution in [-0.2, 0) is 19.1 Å². The number of fused-ring (bicyclic) bond motifs is 1. The number of hydrogen-bond donors (Lipinski definition) is 0. The van der Waals surface area contributed by atoms with Gasteiger partial charge in [0.15, 0.2) is 5.41 Å². The number of hydrogen-bond acceptors (Lipinski definition) is 5. The van der Waals surface area contributed by atoms with Crippen LogP contribution in [0.2, 0.25) is 0 Å². The summed E-state index contributed by atoms with van der Waals surface area (Å²) in [4.78, 5) is 23.1. The Morgan fingerprint density at radius 2 is 2.47 bits per heavy atom. The van der Waals surface area contributed by atoms with E-state index in [0.717, 1.165) is 6.42 Å². The number of nitrogens with zero attached hydrogens (tertiary/aromatic N) is 1. The number of carbonyl (C=O) groups excluding carboxylic acids is 2. The first-order valence-electron chi connectivity index (χ1n) is 5.94. The summed E-state index contributed by atoms with van der Waals surface area (Å²) in [5.41, 5.74) is -0.954. The van der Waals surface area contributed by atoms with Crippen molar-refractivity contribution in [2.24, 2.45) is 17.3 Å². The first-order valence-corrected chi connectivity index (χ1v) is 5.94. The molecule has 5 heteroatoms. The summed E-state index contributed by atoms with van der Waals surface area (Å²) in [6.45, 7) is 1.73. The number of esters is 2. The number of carbonyl (C=O) groups is 2. The van der Waals surface area contributed by atoms with Crippen LogP contribution >= 0.6 is 0 Å². The van der Waals surface area contributed by atoms with Crippen LogP contribution in [0.1, 0.15) is 26.2 Å². The predicted molar refractivity (Wildman–Crippen MR) is 54.3 cm³/mol. The van der Waals surface area contributed by atoms with Gasteiger partial charge in [-0.25, -0.2) is 0 Å².